The van der Waals surface area contributed by atoms with Crippen molar-refractivity contribution < 1.29 is 13.9 Å². The van der Waals surface area contributed by atoms with Crippen molar-refractivity contribution >= 4 is 49.1 Å². The van der Waals surface area contributed by atoms with Crippen molar-refractivity contribution in [2.75, 3.05) is 11.9 Å². The molecule has 7 heteroatoms. The number of aromatic nitrogens is 2. The Labute approximate surface area is 429 Å². The Bertz CT molecular complexity index is 2680. The van der Waals surface area contributed by atoms with E-state index >= 15 is 0 Å². The Morgan fingerprint density at radius 2 is 0.986 bits per heavy atom. The molecule has 6 nitrogen and oxygen atoms in total. The smallest absolute Gasteiger partial charge is 0.143 e. The number of fused-ring (bicyclic) bond motifs is 5. The van der Waals surface area contributed by atoms with E-state index in [1.807, 2.05) is 156 Å². The Morgan fingerprint density at radius 1 is 0.500 bits per heavy atom. The van der Waals surface area contributed by atoms with Gasteiger partial charge in [0.05, 0.1) is 32.0 Å². The van der Waals surface area contributed by atoms with Gasteiger partial charge in [0.25, 0.3) is 0 Å². The third kappa shape index (κ3) is 15.9. The van der Waals surface area contributed by atoms with Gasteiger partial charge in [-0.05, 0) is 128 Å². The lowest BCUT2D eigenvalue weighted by Gasteiger charge is -2.46. The van der Waals surface area contributed by atoms with Gasteiger partial charge >= 0.3 is 0 Å². The maximum absolute atomic E-state index is 5.88. The van der Waals surface area contributed by atoms with Gasteiger partial charge in [-0.2, -0.15) is 0 Å². The number of nitrogens with zero attached hydrogens (tertiary/aromatic N) is 3. The van der Waals surface area contributed by atoms with E-state index in [0.717, 1.165) is 44.6 Å². The van der Waals surface area contributed by atoms with Crippen LogP contribution in [-0.2, 0) is 5.41 Å². The van der Waals surface area contributed by atoms with Gasteiger partial charge in [-0.15, -0.1) is 11.3 Å². The van der Waals surface area contributed by atoms with Crippen molar-refractivity contribution in [2.45, 2.75) is 175 Å². The molecule has 0 bridgehead atoms. The van der Waals surface area contributed by atoms with Crippen molar-refractivity contribution in [1.82, 2.24) is 9.97 Å². The lowest BCUT2D eigenvalue weighted by atomic mass is 9.82. The van der Waals surface area contributed by atoms with Gasteiger partial charge in [0.15, 0.2) is 0 Å². The number of hydrogen-bond donors (Lipinski definition) is 0. The van der Waals surface area contributed by atoms with Gasteiger partial charge in [0.1, 0.15) is 35.1 Å². The highest BCUT2D eigenvalue weighted by Gasteiger charge is 2.38. The minimum atomic E-state index is 0.0500. The number of aryl methyl sites for hydroxylation is 5. The fourth-order valence-corrected chi connectivity index (χ4v) is 8.15. The van der Waals surface area contributed by atoms with Crippen LogP contribution >= 0.6 is 11.3 Å². The number of pyridine rings is 1. The van der Waals surface area contributed by atoms with Crippen LogP contribution in [-0.4, -0.2) is 34.8 Å². The molecule has 2 aliphatic heterocycles. The second-order valence-corrected chi connectivity index (χ2v) is 18.1. The predicted molar refractivity (Wildman–Crippen MR) is 311 cm³/mol. The molecule has 2 unspecified atom stereocenters. The topological polar surface area (TPSA) is 60.6 Å². The minimum absolute atomic E-state index is 0.0500. The van der Waals surface area contributed by atoms with Gasteiger partial charge in [-0.3, -0.25) is 4.98 Å². The molecule has 3 aromatic heterocycles. The first-order chi connectivity index (χ1) is 33.5. The zero-order chi connectivity index (χ0) is 53.4. The van der Waals surface area contributed by atoms with Crippen molar-refractivity contribution in [3.8, 4) is 11.5 Å². The minimum Gasteiger partial charge on any atom is -0.490 e. The molecule has 5 heterocycles. The average Bonchev–Trinajstić information content (AvgIpc) is 4.00. The number of benzene rings is 5. The lowest BCUT2D eigenvalue weighted by molar-refractivity contribution is 0.127. The van der Waals surface area contributed by atoms with Crippen LogP contribution in [0.15, 0.2) is 126 Å². The van der Waals surface area contributed by atoms with Crippen molar-refractivity contribution in [3.05, 3.63) is 160 Å². The third-order valence-corrected chi connectivity index (χ3v) is 13.4. The number of para-hydroxylation sites is 6. The average molecular weight is 971 g/mol. The van der Waals surface area contributed by atoms with Crippen molar-refractivity contribution in [2.24, 2.45) is 0 Å². The summed E-state index contributed by atoms with van der Waals surface area (Å²) < 4.78 is 18.4. The summed E-state index contributed by atoms with van der Waals surface area (Å²) in [6.07, 6.45) is 0.497. The van der Waals surface area contributed by atoms with E-state index in [0.29, 0.717) is 0 Å². The molecule has 8 aromatic rings. The van der Waals surface area contributed by atoms with Crippen LogP contribution in [0.25, 0.3) is 32.1 Å². The highest BCUT2D eigenvalue weighted by atomic mass is 32.1. The summed E-state index contributed by atoms with van der Waals surface area (Å²) in [5.41, 5.74) is 11.0. The normalized spacial score (nSPS) is 14.6. The first-order valence-electron chi connectivity index (χ1n) is 25.9. The molecular weight excluding hydrogens is 879 g/mol. The van der Waals surface area contributed by atoms with Crippen LogP contribution in [0.2, 0.25) is 0 Å². The number of rotatable bonds is 0. The number of thiazole rings is 1. The van der Waals surface area contributed by atoms with Crippen LogP contribution in [0.4, 0.5) is 5.69 Å². The zero-order valence-electron chi connectivity index (χ0n) is 47.7. The molecule has 2 atom stereocenters. The summed E-state index contributed by atoms with van der Waals surface area (Å²) in [7, 11) is 2.12. The van der Waals surface area contributed by atoms with E-state index in [9.17, 15) is 0 Å². The van der Waals surface area contributed by atoms with Crippen LogP contribution < -0.4 is 14.4 Å². The number of anilines is 1. The molecule has 10 rings (SSSR count). The number of furan rings is 1. The summed E-state index contributed by atoms with van der Waals surface area (Å²) in [6.45, 7) is 45.6. The van der Waals surface area contributed by atoms with E-state index < -0.39 is 0 Å². The quantitative estimate of drug-likeness (QED) is 0.151. The SMILES string of the molecule is CC.CC.CC.CC.CC.CC1Oc2ccccc2C1(C)C.CC1Oc2ccccc2N(C)C1(C)C.Cc1nc2ccccc2c(C)c1C.Cc1nc2ccccc2s1.Cc1oc2ccccc2c1C. The summed E-state index contributed by atoms with van der Waals surface area (Å²) in [6, 6.07) is 41.1. The summed E-state index contributed by atoms with van der Waals surface area (Å²) in [5.74, 6) is 3.06. The van der Waals surface area contributed by atoms with Gasteiger partial charge in [-0.1, -0.05) is 162 Å². The van der Waals surface area contributed by atoms with E-state index in [2.05, 4.69) is 140 Å². The largest absolute Gasteiger partial charge is 0.490 e. The zero-order valence-corrected chi connectivity index (χ0v) is 48.5. The number of ether oxygens (including phenoxy) is 2. The van der Waals surface area contributed by atoms with E-state index in [4.69, 9.17) is 13.9 Å². The van der Waals surface area contributed by atoms with Gasteiger partial charge in [-0.25, -0.2) is 4.98 Å². The second kappa shape index (κ2) is 30.8. The monoisotopic (exact) mass is 970 g/mol. The van der Waals surface area contributed by atoms with Gasteiger partial charge < -0.3 is 18.8 Å². The molecular formula is C63H91N3O3S. The summed E-state index contributed by atoms with van der Waals surface area (Å²) in [4.78, 5) is 11.2. The van der Waals surface area contributed by atoms with Crippen LogP contribution in [0.1, 0.15) is 149 Å². The fourth-order valence-electron chi connectivity index (χ4n) is 7.32. The van der Waals surface area contributed by atoms with Crippen LogP contribution in [0, 0.1) is 41.5 Å². The Hall–Kier alpha value is -5.66. The molecule has 70 heavy (non-hydrogen) atoms. The number of likely N-dealkylation sites (N-methyl/N-ethyl adjacent to an activating group) is 1. The molecule has 0 saturated heterocycles. The molecule has 0 saturated carbocycles. The first-order valence-corrected chi connectivity index (χ1v) is 26.7. The lowest BCUT2D eigenvalue weighted by Crippen LogP contribution is -2.54. The Balaban J connectivity index is 0.000000419. The fraction of sp³-hybridized carbons (Fsp3) is 0.429. The predicted octanol–water partition coefficient (Wildman–Crippen LogP) is 19.4. The molecule has 0 radical (unpaired) electrons. The second-order valence-electron chi connectivity index (χ2n) is 16.9. The van der Waals surface area contributed by atoms with Gasteiger partial charge in [0.2, 0.25) is 0 Å². The van der Waals surface area contributed by atoms with E-state index in [1.165, 1.54) is 43.4 Å². The highest BCUT2D eigenvalue weighted by Crippen LogP contribution is 2.42. The molecule has 382 valence electrons. The van der Waals surface area contributed by atoms with Crippen LogP contribution in [0.3, 0.4) is 0 Å². The maximum atomic E-state index is 5.88. The van der Waals surface area contributed by atoms with Gasteiger partial charge in [0, 0.05) is 34.5 Å². The first kappa shape index (κ1) is 62.4. The van der Waals surface area contributed by atoms with E-state index in [-0.39, 0.29) is 23.2 Å². The summed E-state index contributed by atoms with van der Waals surface area (Å²) in [5, 5.41) is 3.64. The molecule has 2 aliphatic rings. The molecule has 5 aromatic carbocycles. The Morgan fingerprint density at radius 3 is 1.57 bits per heavy atom. The molecule has 0 spiro atoms. The van der Waals surface area contributed by atoms with Crippen LogP contribution in [0.5, 0.6) is 11.5 Å². The van der Waals surface area contributed by atoms with Crippen molar-refractivity contribution in [3.63, 3.8) is 0 Å². The molecule has 0 fully saturated rings. The molecule has 0 amide bonds. The van der Waals surface area contributed by atoms with Crippen molar-refractivity contribution in [1.29, 1.82) is 0 Å². The summed E-state index contributed by atoms with van der Waals surface area (Å²) >= 11 is 1.74. The molecule has 0 N–H and O–H groups in total. The standard InChI is InChI=1S/C12H17NO.C12H13N.C11H14O.C10H10O.C8H7NS.5C2H6/c1-9-12(2,3)13(4)10-7-5-6-8-11(10)14-9;1-8-9(2)11-6-4-5-7-12(11)13-10(8)3;1-8-11(2,3)9-6-4-5-7-10(9)12-8;1-7-8(2)11-10-6-4-3-5-9(7)10;1-6-9-7-4-2-3-5-8(7)10-6;5*1-2/h5-9H,1-4H3;4-7H,1-3H3;4-8H,1-3H3;3-6H,1-2H3;2-5H,1H3;5*1-2H3. The number of hydrogen-bond acceptors (Lipinski definition) is 7. The maximum Gasteiger partial charge on any atom is 0.143 e. The Kier molecular flexibility index (Phi) is 27.5. The van der Waals surface area contributed by atoms with E-state index in [1.54, 1.807) is 11.3 Å². The molecule has 0 aliphatic carbocycles. The third-order valence-electron chi connectivity index (χ3n) is 12.5. The highest BCUT2D eigenvalue weighted by molar-refractivity contribution is 7.18.